The van der Waals surface area contributed by atoms with Crippen LogP contribution >= 0.6 is 0 Å². The fourth-order valence-corrected chi connectivity index (χ4v) is 3.44. The highest BCUT2D eigenvalue weighted by atomic mass is 15.2. The van der Waals surface area contributed by atoms with E-state index in [0.717, 1.165) is 13.1 Å². The van der Waals surface area contributed by atoms with Gasteiger partial charge < -0.3 is 9.80 Å². The second-order valence-electron chi connectivity index (χ2n) is 5.78. The fourth-order valence-electron chi connectivity index (χ4n) is 3.44. The highest BCUT2D eigenvalue weighted by Crippen LogP contribution is 2.46. The van der Waals surface area contributed by atoms with Crippen LogP contribution in [0.1, 0.15) is 24.0 Å². The molecule has 2 aliphatic rings. The predicted octanol–water partition coefficient (Wildman–Crippen LogP) is 2.57. The van der Waals surface area contributed by atoms with Crippen LogP contribution in [0.3, 0.4) is 0 Å². The molecule has 1 saturated heterocycles. The molecule has 2 aliphatic heterocycles. The molecule has 0 aromatic heterocycles. The van der Waals surface area contributed by atoms with Crippen LogP contribution < -0.4 is 4.90 Å². The van der Waals surface area contributed by atoms with Gasteiger partial charge >= 0.3 is 0 Å². The number of anilines is 1. The highest BCUT2D eigenvalue weighted by Gasteiger charge is 2.42. The standard InChI is InChI=1S/C15H21N2/c1-12-4-5-14-13(10-12)15(11-17(14)3)6-8-16(2)9-7-15/h4-5,10H,2,6-9,11H2,1,3H3. The van der Waals surface area contributed by atoms with Crippen molar-refractivity contribution in [1.82, 2.24) is 4.90 Å². The van der Waals surface area contributed by atoms with Gasteiger partial charge in [0.05, 0.1) is 0 Å². The highest BCUT2D eigenvalue weighted by molar-refractivity contribution is 5.63. The molecule has 0 atom stereocenters. The maximum absolute atomic E-state index is 4.06. The number of fused-ring (bicyclic) bond motifs is 2. The molecule has 0 amide bonds. The predicted molar refractivity (Wildman–Crippen MR) is 72.3 cm³/mol. The molecule has 0 saturated carbocycles. The minimum Gasteiger partial charge on any atom is -0.373 e. The molecule has 17 heavy (non-hydrogen) atoms. The molecule has 0 aliphatic carbocycles. The fraction of sp³-hybridized carbons (Fsp3) is 0.533. The number of benzene rings is 1. The third kappa shape index (κ3) is 1.66. The van der Waals surface area contributed by atoms with Gasteiger partial charge in [0.2, 0.25) is 0 Å². The first-order valence-electron chi connectivity index (χ1n) is 6.48. The lowest BCUT2D eigenvalue weighted by atomic mass is 9.74. The summed E-state index contributed by atoms with van der Waals surface area (Å²) >= 11 is 0. The summed E-state index contributed by atoms with van der Waals surface area (Å²) in [7, 11) is 6.29. The van der Waals surface area contributed by atoms with E-state index in [0.29, 0.717) is 5.41 Å². The Morgan fingerprint density at radius 1 is 1.24 bits per heavy atom. The Kier molecular flexibility index (Phi) is 2.44. The second-order valence-corrected chi connectivity index (χ2v) is 5.78. The zero-order chi connectivity index (χ0) is 12.0. The normalized spacial score (nSPS) is 23.1. The van der Waals surface area contributed by atoms with Crippen molar-refractivity contribution in [3.05, 3.63) is 36.4 Å². The Morgan fingerprint density at radius 2 is 1.94 bits per heavy atom. The van der Waals surface area contributed by atoms with Crippen LogP contribution in [-0.2, 0) is 5.41 Å². The molecular formula is C15H21N2. The summed E-state index contributed by atoms with van der Waals surface area (Å²) in [5.41, 5.74) is 4.79. The van der Waals surface area contributed by atoms with E-state index in [1.807, 2.05) is 0 Å². The number of piperidine rings is 1. The third-order valence-corrected chi connectivity index (χ3v) is 4.49. The lowest BCUT2D eigenvalue weighted by molar-refractivity contribution is 0.215. The Balaban J connectivity index is 2.02. The molecule has 0 unspecified atom stereocenters. The summed E-state index contributed by atoms with van der Waals surface area (Å²) in [6.07, 6.45) is 2.49. The van der Waals surface area contributed by atoms with Crippen LogP contribution in [0.4, 0.5) is 5.69 Å². The van der Waals surface area contributed by atoms with Crippen molar-refractivity contribution in [2.45, 2.75) is 25.2 Å². The van der Waals surface area contributed by atoms with E-state index in [4.69, 9.17) is 0 Å². The average Bonchev–Trinajstić information content (AvgIpc) is 2.57. The number of rotatable bonds is 0. The molecule has 1 aromatic carbocycles. The summed E-state index contributed by atoms with van der Waals surface area (Å²) in [6.45, 7) is 5.63. The minimum atomic E-state index is 0.393. The number of nitrogens with zero attached hydrogens (tertiary/aromatic N) is 2. The zero-order valence-corrected chi connectivity index (χ0v) is 10.9. The van der Waals surface area contributed by atoms with E-state index in [1.165, 1.54) is 30.6 Å². The molecule has 0 bridgehead atoms. The Hall–Kier alpha value is -1.02. The van der Waals surface area contributed by atoms with Crippen molar-refractivity contribution >= 4 is 5.69 Å². The van der Waals surface area contributed by atoms with Gasteiger partial charge in [-0.15, -0.1) is 0 Å². The number of hydrogen-bond donors (Lipinski definition) is 0. The van der Waals surface area contributed by atoms with E-state index in [1.54, 1.807) is 5.56 Å². The molecule has 1 radical (unpaired) electrons. The van der Waals surface area contributed by atoms with E-state index in [2.05, 4.69) is 49.0 Å². The third-order valence-electron chi connectivity index (χ3n) is 4.49. The van der Waals surface area contributed by atoms with Gasteiger partial charge in [-0.3, -0.25) is 0 Å². The summed E-state index contributed by atoms with van der Waals surface area (Å²) < 4.78 is 0. The Labute approximate surface area is 104 Å². The molecule has 91 valence electrons. The van der Waals surface area contributed by atoms with Crippen LogP contribution in [0.5, 0.6) is 0 Å². The van der Waals surface area contributed by atoms with Gasteiger partial charge in [0, 0.05) is 31.7 Å². The van der Waals surface area contributed by atoms with Crippen LogP contribution in [0.2, 0.25) is 0 Å². The van der Waals surface area contributed by atoms with Crippen molar-refractivity contribution in [3.63, 3.8) is 0 Å². The number of likely N-dealkylation sites (N-methyl/N-ethyl adjacent to an activating group) is 1. The first kappa shape index (κ1) is 11.1. The van der Waals surface area contributed by atoms with Crippen molar-refractivity contribution in [2.75, 3.05) is 31.6 Å². The van der Waals surface area contributed by atoms with Crippen molar-refractivity contribution in [2.24, 2.45) is 0 Å². The summed E-state index contributed by atoms with van der Waals surface area (Å²) in [5.74, 6) is 0. The van der Waals surface area contributed by atoms with E-state index in [-0.39, 0.29) is 0 Å². The first-order chi connectivity index (χ1) is 8.11. The molecule has 1 spiro atoms. The maximum atomic E-state index is 4.06. The zero-order valence-electron chi connectivity index (χ0n) is 10.9. The second kappa shape index (κ2) is 3.74. The SMILES string of the molecule is [CH2]N1CCC2(CC1)CN(C)c1ccc(C)cc12. The van der Waals surface area contributed by atoms with Gasteiger partial charge in [0.15, 0.2) is 0 Å². The van der Waals surface area contributed by atoms with Crippen molar-refractivity contribution in [1.29, 1.82) is 0 Å². The largest absolute Gasteiger partial charge is 0.373 e. The van der Waals surface area contributed by atoms with Gasteiger partial charge in [-0.2, -0.15) is 0 Å². The smallest absolute Gasteiger partial charge is 0.0403 e. The van der Waals surface area contributed by atoms with E-state index >= 15 is 0 Å². The molecule has 0 N–H and O–H groups in total. The van der Waals surface area contributed by atoms with Gasteiger partial charge in [0.1, 0.15) is 0 Å². The van der Waals surface area contributed by atoms with Crippen LogP contribution in [0.15, 0.2) is 18.2 Å². The van der Waals surface area contributed by atoms with E-state index in [9.17, 15) is 0 Å². The molecular weight excluding hydrogens is 208 g/mol. The molecule has 3 rings (SSSR count). The van der Waals surface area contributed by atoms with Gasteiger partial charge in [-0.25, -0.2) is 0 Å². The van der Waals surface area contributed by atoms with Gasteiger partial charge in [-0.1, -0.05) is 17.7 Å². The van der Waals surface area contributed by atoms with Gasteiger partial charge in [-0.05, 0) is 44.5 Å². The molecule has 2 heteroatoms. The first-order valence-corrected chi connectivity index (χ1v) is 6.48. The number of likely N-dealkylation sites (tertiary alicyclic amines) is 1. The van der Waals surface area contributed by atoms with Crippen molar-refractivity contribution in [3.8, 4) is 0 Å². The van der Waals surface area contributed by atoms with Crippen LogP contribution in [0.25, 0.3) is 0 Å². The monoisotopic (exact) mass is 229 g/mol. The summed E-state index contributed by atoms with van der Waals surface area (Å²) in [4.78, 5) is 4.63. The Bertz CT molecular complexity index is 431. The minimum absolute atomic E-state index is 0.393. The van der Waals surface area contributed by atoms with Gasteiger partial charge in [0.25, 0.3) is 0 Å². The molecule has 2 heterocycles. The lowest BCUT2D eigenvalue weighted by Gasteiger charge is -2.38. The van der Waals surface area contributed by atoms with E-state index < -0.39 is 0 Å². The van der Waals surface area contributed by atoms with Crippen LogP contribution in [-0.4, -0.2) is 31.6 Å². The van der Waals surface area contributed by atoms with Crippen molar-refractivity contribution < 1.29 is 0 Å². The maximum Gasteiger partial charge on any atom is 0.0403 e. The lowest BCUT2D eigenvalue weighted by Crippen LogP contribution is -2.42. The number of aryl methyl sites for hydroxylation is 1. The molecule has 1 fully saturated rings. The quantitative estimate of drug-likeness (QED) is 0.674. The Morgan fingerprint density at radius 3 is 2.65 bits per heavy atom. The van der Waals surface area contributed by atoms with Crippen LogP contribution in [0, 0.1) is 14.0 Å². The molecule has 1 aromatic rings. The topological polar surface area (TPSA) is 6.48 Å². The number of hydrogen-bond acceptors (Lipinski definition) is 2. The average molecular weight is 229 g/mol. The summed E-state index contributed by atoms with van der Waals surface area (Å²) in [6, 6.07) is 6.92. The summed E-state index contributed by atoms with van der Waals surface area (Å²) in [5, 5.41) is 0. The molecule has 2 nitrogen and oxygen atoms in total.